The van der Waals surface area contributed by atoms with E-state index in [1.165, 1.54) is 0 Å². The number of aromatic nitrogens is 1. The van der Waals surface area contributed by atoms with Gasteiger partial charge in [-0.3, -0.25) is 9.55 Å². The molecule has 4 nitrogen and oxygen atoms in total. The maximum atomic E-state index is 12.7. The number of hydrogen-bond donors (Lipinski definition) is 0. The number of nitrogens with zero attached hydrogens (tertiary/aromatic N) is 1. The first kappa shape index (κ1) is 16.6. The first-order valence-electron chi connectivity index (χ1n) is 6.93. The van der Waals surface area contributed by atoms with Crippen LogP contribution in [0.3, 0.4) is 0 Å². The Morgan fingerprint density at radius 1 is 1.19 bits per heavy atom. The van der Waals surface area contributed by atoms with Crippen molar-refractivity contribution in [3.8, 4) is 0 Å². The fourth-order valence-electron chi connectivity index (χ4n) is 2.18. The topological polar surface area (TPSA) is 48.4 Å². The van der Waals surface area contributed by atoms with Gasteiger partial charge in [0, 0.05) is 10.7 Å². The van der Waals surface area contributed by atoms with Gasteiger partial charge in [-0.2, -0.15) is 0 Å². The summed E-state index contributed by atoms with van der Waals surface area (Å²) in [6.07, 6.45) is 0.243. The van der Waals surface area contributed by atoms with E-state index in [1.54, 1.807) is 0 Å². The molecule has 1 aromatic carbocycles. The van der Waals surface area contributed by atoms with Gasteiger partial charge >= 0.3 is 7.60 Å². The molecular formula is C15H19BrNO3P. The standard InChI is InChI=1S/C15H19BrNO3P/c1-3-19-21(18,20-4-2)11-13-9-12-7-5-6-8-14(12)17-15(13)10-16/h5-9H,3-4,10-11H2,1-2H3. The van der Waals surface area contributed by atoms with Crippen molar-refractivity contribution >= 4 is 34.4 Å². The van der Waals surface area contributed by atoms with E-state index in [1.807, 2.05) is 44.2 Å². The number of alkyl halides is 1. The molecule has 0 aliphatic carbocycles. The minimum absolute atomic E-state index is 0.243. The van der Waals surface area contributed by atoms with Crippen LogP contribution in [0.15, 0.2) is 30.3 Å². The average molecular weight is 372 g/mol. The highest BCUT2D eigenvalue weighted by atomic mass is 79.9. The van der Waals surface area contributed by atoms with Crippen molar-refractivity contribution in [1.29, 1.82) is 0 Å². The van der Waals surface area contributed by atoms with Crippen molar-refractivity contribution in [2.45, 2.75) is 25.3 Å². The molecule has 0 aliphatic heterocycles. The second-order valence-corrected chi connectivity index (χ2v) is 7.14. The Bertz CT molecular complexity index is 652. The highest BCUT2D eigenvalue weighted by Crippen LogP contribution is 2.51. The number of hydrogen-bond acceptors (Lipinski definition) is 4. The predicted molar refractivity (Wildman–Crippen MR) is 88.9 cm³/mol. The lowest BCUT2D eigenvalue weighted by Gasteiger charge is -2.18. The largest absolute Gasteiger partial charge is 0.335 e. The molecule has 0 N–H and O–H groups in total. The van der Waals surface area contributed by atoms with Gasteiger partial charge in [-0.15, -0.1) is 0 Å². The number of benzene rings is 1. The molecule has 6 heteroatoms. The third-order valence-electron chi connectivity index (χ3n) is 3.03. The van der Waals surface area contributed by atoms with Crippen molar-refractivity contribution in [2.75, 3.05) is 13.2 Å². The highest BCUT2D eigenvalue weighted by Gasteiger charge is 2.26. The third kappa shape index (κ3) is 4.13. The van der Waals surface area contributed by atoms with Gasteiger partial charge in [0.15, 0.2) is 0 Å². The first-order valence-corrected chi connectivity index (χ1v) is 9.78. The molecule has 0 fully saturated rings. The van der Waals surface area contributed by atoms with Crippen LogP contribution in [0.25, 0.3) is 10.9 Å². The summed E-state index contributed by atoms with van der Waals surface area (Å²) in [4.78, 5) is 4.62. The fraction of sp³-hybridized carbons (Fsp3) is 0.400. The van der Waals surface area contributed by atoms with E-state index in [-0.39, 0.29) is 6.16 Å². The summed E-state index contributed by atoms with van der Waals surface area (Å²) >= 11 is 3.45. The molecule has 0 amide bonds. The monoisotopic (exact) mass is 371 g/mol. The van der Waals surface area contributed by atoms with E-state index in [0.29, 0.717) is 18.5 Å². The second-order valence-electron chi connectivity index (χ2n) is 4.53. The average Bonchev–Trinajstić information content (AvgIpc) is 2.46. The van der Waals surface area contributed by atoms with Crippen LogP contribution in [0.4, 0.5) is 0 Å². The quantitative estimate of drug-likeness (QED) is 0.513. The molecule has 1 aromatic heterocycles. The van der Waals surface area contributed by atoms with Gasteiger partial charge in [0.05, 0.1) is 30.6 Å². The summed E-state index contributed by atoms with van der Waals surface area (Å²) in [5.74, 6) is 0. The Balaban J connectivity index is 2.41. The molecule has 2 aromatic rings. The SMILES string of the molecule is CCOP(=O)(Cc1cc2ccccc2nc1CBr)OCC. The number of pyridine rings is 1. The van der Waals surface area contributed by atoms with Gasteiger partial charge in [0.2, 0.25) is 0 Å². The van der Waals surface area contributed by atoms with E-state index < -0.39 is 7.60 Å². The van der Waals surface area contributed by atoms with E-state index >= 15 is 0 Å². The molecule has 0 spiro atoms. The molecule has 0 radical (unpaired) electrons. The Morgan fingerprint density at radius 2 is 1.86 bits per heavy atom. The van der Waals surface area contributed by atoms with Gasteiger partial charge in [0.1, 0.15) is 0 Å². The number of para-hydroxylation sites is 1. The van der Waals surface area contributed by atoms with Gasteiger partial charge in [-0.25, -0.2) is 0 Å². The van der Waals surface area contributed by atoms with Crippen molar-refractivity contribution < 1.29 is 13.6 Å². The van der Waals surface area contributed by atoms with Crippen LogP contribution >= 0.6 is 23.5 Å². The van der Waals surface area contributed by atoms with Crippen molar-refractivity contribution in [3.63, 3.8) is 0 Å². The molecule has 0 saturated heterocycles. The van der Waals surface area contributed by atoms with E-state index in [4.69, 9.17) is 9.05 Å². The number of halogens is 1. The lowest BCUT2D eigenvalue weighted by Crippen LogP contribution is -2.02. The second kappa shape index (κ2) is 7.50. The summed E-state index contributed by atoms with van der Waals surface area (Å²) in [7, 11) is -3.12. The zero-order chi connectivity index (χ0) is 15.3. The zero-order valence-electron chi connectivity index (χ0n) is 12.2. The van der Waals surface area contributed by atoms with Crippen molar-refractivity contribution in [2.24, 2.45) is 0 Å². The van der Waals surface area contributed by atoms with Crippen LogP contribution in [0.1, 0.15) is 25.1 Å². The number of rotatable bonds is 7. The van der Waals surface area contributed by atoms with Gasteiger partial charge in [-0.1, -0.05) is 34.1 Å². The predicted octanol–water partition coefficient (Wildman–Crippen LogP) is 4.90. The Morgan fingerprint density at radius 3 is 2.48 bits per heavy atom. The smallest absolute Gasteiger partial charge is 0.309 e. The van der Waals surface area contributed by atoms with Gasteiger partial charge in [0.25, 0.3) is 0 Å². The summed E-state index contributed by atoms with van der Waals surface area (Å²) in [6.45, 7) is 4.36. The van der Waals surface area contributed by atoms with Crippen LogP contribution in [0, 0.1) is 0 Å². The maximum Gasteiger partial charge on any atom is 0.335 e. The molecule has 1 heterocycles. The van der Waals surface area contributed by atoms with E-state index in [0.717, 1.165) is 22.2 Å². The summed E-state index contributed by atoms with van der Waals surface area (Å²) in [5.41, 5.74) is 2.70. The van der Waals surface area contributed by atoms with E-state index in [2.05, 4.69) is 20.9 Å². The normalized spacial score (nSPS) is 12.0. The van der Waals surface area contributed by atoms with Gasteiger partial charge in [-0.05, 0) is 31.5 Å². The minimum atomic E-state index is -3.12. The summed E-state index contributed by atoms with van der Waals surface area (Å²) in [6, 6.07) is 9.90. The van der Waals surface area contributed by atoms with Crippen molar-refractivity contribution in [3.05, 3.63) is 41.6 Å². The Hall–Kier alpha value is -0.740. The molecule has 0 atom stereocenters. The molecule has 0 aliphatic rings. The van der Waals surface area contributed by atoms with Crippen molar-refractivity contribution in [1.82, 2.24) is 4.98 Å². The van der Waals surface area contributed by atoms with Crippen LogP contribution in [-0.4, -0.2) is 18.2 Å². The van der Waals surface area contributed by atoms with Crippen LogP contribution in [0.5, 0.6) is 0 Å². The van der Waals surface area contributed by atoms with Crippen LogP contribution in [0.2, 0.25) is 0 Å². The third-order valence-corrected chi connectivity index (χ3v) is 5.60. The first-order chi connectivity index (χ1) is 10.1. The molecule has 0 bridgehead atoms. The minimum Gasteiger partial charge on any atom is -0.309 e. The molecule has 0 saturated carbocycles. The van der Waals surface area contributed by atoms with Crippen LogP contribution < -0.4 is 0 Å². The summed E-state index contributed by atoms with van der Waals surface area (Å²) < 4.78 is 23.5. The highest BCUT2D eigenvalue weighted by molar-refractivity contribution is 9.08. The lowest BCUT2D eigenvalue weighted by atomic mass is 10.1. The van der Waals surface area contributed by atoms with Gasteiger partial charge < -0.3 is 9.05 Å². The molecular weight excluding hydrogens is 353 g/mol. The number of fused-ring (bicyclic) bond motifs is 1. The molecule has 114 valence electrons. The zero-order valence-corrected chi connectivity index (χ0v) is 14.7. The van der Waals surface area contributed by atoms with E-state index in [9.17, 15) is 4.57 Å². The Labute approximate surface area is 133 Å². The maximum absolute atomic E-state index is 12.7. The fourth-order valence-corrected chi connectivity index (χ4v) is 4.40. The lowest BCUT2D eigenvalue weighted by molar-refractivity contribution is 0.219. The molecule has 2 rings (SSSR count). The molecule has 0 unspecified atom stereocenters. The summed E-state index contributed by atoms with van der Waals surface area (Å²) in [5, 5.41) is 1.63. The Kier molecular flexibility index (Phi) is 5.94. The molecule has 21 heavy (non-hydrogen) atoms. The van der Waals surface area contributed by atoms with Crippen LogP contribution in [-0.2, 0) is 25.1 Å².